The maximum Gasteiger partial charge on any atom is 0.338 e. The van der Waals surface area contributed by atoms with Crippen LogP contribution in [0.15, 0.2) is 40.3 Å². The van der Waals surface area contributed by atoms with Gasteiger partial charge in [-0.2, -0.15) is 0 Å². The molecule has 0 fully saturated rings. The minimum Gasteiger partial charge on any atom is -0.462 e. The molecule has 1 aromatic carbocycles. The van der Waals surface area contributed by atoms with E-state index >= 15 is 0 Å². The van der Waals surface area contributed by atoms with Crippen LogP contribution in [-0.4, -0.2) is 33.8 Å². The van der Waals surface area contributed by atoms with Gasteiger partial charge in [0.2, 0.25) is 5.91 Å². The van der Waals surface area contributed by atoms with E-state index in [0.29, 0.717) is 35.3 Å². The lowest BCUT2D eigenvalue weighted by molar-refractivity contribution is -0.119. The number of aromatic nitrogens is 2. The van der Waals surface area contributed by atoms with E-state index in [1.807, 2.05) is 20.8 Å². The second-order valence-corrected chi connectivity index (χ2v) is 8.90. The molecule has 0 saturated carbocycles. The van der Waals surface area contributed by atoms with Crippen molar-refractivity contribution >= 4 is 29.3 Å². The largest absolute Gasteiger partial charge is 0.462 e. The summed E-state index contributed by atoms with van der Waals surface area (Å²) in [6, 6.07) is 8.11. The Hall–Kier alpha value is -2.61. The maximum absolute atomic E-state index is 12.7. The van der Waals surface area contributed by atoms with E-state index in [-0.39, 0.29) is 22.8 Å². The van der Waals surface area contributed by atoms with Gasteiger partial charge in [0.1, 0.15) is 0 Å². The zero-order valence-electron chi connectivity index (χ0n) is 17.0. The quantitative estimate of drug-likeness (QED) is 0.610. The monoisotopic (exact) mass is 415 g/mol. The highest BCUT2D eigenvalue weighted by Crippen LogP contribution is 2.28. The molecule has 1 aliphatic heterocycles. The Morgan fingerprint density at radius 3 is 2.59 bits per heavy atom. The summed E-state index contributed by atoms with van der Waals surface area (Å²) >= 11 is 1.42. The normalized spacial score (nSPS) is 16.1. The maximum atomic E-state index is 12.7. The number of anilines is 1. The number of thioether (sulfide) groups is 1. The first-order valence-corrected chi connectivity index (χ1v) is 10.5. The van der Waals surface area contributed by atoms with Crippen LogP contribution in [-0.2, 0) is 21.5 Å². The zero-order chi connectivity index (χ0) is 21.2. The van der Waals surface area contributed by atoms with Crippen LogP contribution in [0.5, 0.6) is 0 Å². The number of carbonyl (C=O) groups excluding carboxylic acids is 2. The molecule has 1 aliphatic rings. The second-order valence-electron chi connectivity index (χ2n) is 7.92. The Morgan fingerprint density at radius 2 is 1.97 bits per heavy atom. The number of hydrogen-bond acceptors (Lipinski definition) is 6. The van der Waals surface area contributed by atoms with Gasteiger partial charge in [0, 0.05) is 29.5 Å². The number of benzene rings is 1. The van der Waals surface area contributed by atoms with Gasteiger partial charge in [0.15, 0.2) is 5.16 Å². The number of hydrogen-bond donors (Lipinski definition) is 1. The number of esters is 1. The average molecular weight is 416 g/mol. The predicted molar refractivity (Wildman–Crippen MR) is 112 cm³/mol. The lowest BCUT2D eigenvalue weighted by Gasteiger charge is -2.26. The average Bonchev–Trinajstić information content (AvgIpc) is 2.67. The van der Waals surface area contributed by atoms with Crippen molar-refractivity contribution < 1.29 is 14.3 Å². The molecule has 0 bridgehead atoms. The molecule has 1 unspecified atom stereocenters. The summed E-state index contributed by atoms with van der Waals surface area (Å²) < 4.78 is 6.52. The van der Waals surface area contributed by atoms with Gasteiger partial charge in [0.25, 0.3) is 5.56 Å². The van der Waals surface area contributed by atoms with Crippen molar-refractivity contribution in [1.29, 1.82) is 0 Å². The van der Waals surface area contributed by atoms with E-state index in [4.69, 9.17) is 4.74 Å². The van der Waals surface area contributed by atoms with Gasteiger partial charge in [-0.3, -0.25) is 14.2 Å². The van der Waals surface area contributed by atoms with Crippen molar-refractivity contribution in [3.8, 4) is 0 Å². The molecule has 0 aliphatic carbocycles. The number of nitrogens with one attached hydrogen (secondary N) is 1. The lowest BCUT2D eigenvalue weighted by Crippen LogP contribution is -2.37. The molecule has 2 heterocycles. The molecule has 0 spiro atoms. The number of fused-ring (bicyclic) bond motifs is 1. The van der Waals surface area contributed by atoms with E-state index in [1.165, 1.54) is 11.8 Å². The summed E-state index contributed by atoms with van der Waals surface area (Å²) in [5.74, 6) is -0.365. The first-order chi connectivity index (χ1) is 13.7. The van der Waals surface area contributed by atoms with Crippen LogP contribution in [0.3, 0.4) is 0 Å². The molecule has 0 saturated heterocycles. The van der Waals surface area contributed by atoms with Crippen LogP contribution in [0, 0.1) is 5.92 Å². The third-order valence-electron chi connectivity index (χ3n) is 4.59. The zero-order valence-corrected chi connectivity index (χ0v) is 17.8. The molecule has 7 nitrogen and oxygen atoms in total. The van der Waals surface area contributed by atoms with Gasteiger partial charge in [-0.25, -0.2) is 9.78 Å². The van der Waals surface area contributed by atoms with Gasteiger partial charge in [-0.1, -0.05) is 32.5 Å². The Bertz CT molecular complexity index is 977. The SMILES string of the molecule is CCOC(=O)c1ccc(NC(=O)C2CSc3nc(C(C)(C)C)cc(=O)n3C2)cc1. The summed E-state index contributed by atoms with van der Waals surface area (Å²) in [4.78, 5) is 41.6. The first kappa shape index (κ1) is 21.1. The van der Waals surface area contributed by atoms with Crippen LogP contribution in [0.4, 0.5) is 5.69 Å². The van der Waals surface area contributed by atoms with E-state index < -0.39 is 5.97 Å². The summed E-state index contributed by atoms with van der Waals surface area (Å²) in [6.07, 6.45) is 0. The number of amides is 1. The smallest absolute Gasteiger partial charge is 0.338 e. The molecule has 3 rings (SSSR count). The third kappa shape index (κ3) is 4.87. The molecule has 1 atom stereocenters. The number of carbonyl (C=O) groups is 2. The Labute approximate surface area is 173 Å². The van der Waals surface area contributed by atoms with Crippen LogP contribution < -0.4 is 10.9 Å². The van der Waals surface area contributed by atoms with Crippen molar-refractivity contribution in [2.45, 2.75) is 44.8 Å². The van der Waals surface area contributed by atoms with Gasteiger partial charge < -0.3 is 10.1 Å². The molecule has 29 heavy (non-hydrogen) atoms. The van der Waals surface area contributed by atoms with Crippen LogP contribution >= 0.6 is 11.8 Å². The highest BCUT2D eigenvalue weighted by molar-refractivity contribution is 7.99. The summed E-state index contributed by atoms with van der Waals surface area (Å²) in [7, 11) is 0. The second kappa shape index (κ2) is 8.41. The molecule has 8 heteroatoms. The van der Waals surface area contributed by atoms with Crippen molar-refractivity contribution in [3.05, 3.63) is 51.9 Å². The Morgan fingerprint density at radius 1 is 1.28 bits per heavy atom. The minimum atomic E-state index is -0.396. The minimum absolute atomic E-state index is 0.135. The summed E-state index contributed by atoms with van der Waals surface area (Å²) in [5, 5.41) is 3.51. The summed E-state index contributed by atoms with van der Waals surface area (Å²) in [6.45, 7) is 8.40. The molecule has 0 radical (unpaired) electrons. The van der Waals surface area contributed by atoms with E-state index in [9.17, 15) is 14.4 Å². The van der Waals surface area contributed by atoms with E-state index in [2.05, 4.69) is 10.3 Å². The molecule has 1 aromatic heterocycles. The lowest BCUT2D eigenvalue weighted by atomic mass is 9.92. The van der Waals surface area contributed by atoms with Crippen molar-refractivity contribution in [2.24, 2.45) is 5.92 Å². The molecule has 154 valence electrons. The number of ether oxygens (including phenoxy) is 1. The predicted octanol–water partition coefficient (Wildman–Crippen LogP) is 3.08. The fourth-order valence-electron chi connectivity index (χ4n) is 2.90. The van der Waals surface area contributed by atoms with Gasteiger partial charge in [-0.05, 0) is 31.2 Å². The van der Waals surface area contributed by atoms with Crippen LogP contribution in [0.25, 0.3) is 0 Å². The Kier molecular flexibility index (Phi) is 6.12. The molecular formula is C21H25N3O4S. The Balaban J connectivity index is 1.70. The summed E-state index contributed by atoms with van der Waals surface area (Å²) in [5.41, 5.74) is 1.43. The van der Waals surface area contributed by atoms with E-state index in [0.717, 1.165) is 5.69 Å². The highest BCUT2D eigenvalue weighted by atomic mass is 32.2. The topological polar surface area (TPSA) is 90.3 Å². The molecule has 1 amide bonds. The highest BCUT2D eigenvalue weighted by Gasteiger charge is 2.28. The fraction of sp³-hybridized carbons (Fsp3) is 0.429. The van der Waals surface area contributed by atoms with Crippen molar-refractivity contribution in [1.82, 2.24) is 9.55 Å². The first-order valence-electron chi connectivity index (χ1n) is 9.52. The fourth-order valence-corrected chi connectivity index (χ4v) is 3.99. The van der Waals surface area contributed by atoms with Crippen molar-refractivity contribution in [2.75, 3.05) is 17.7 Å². The van der Waals surface area contributed by atoms with Gasteiger partial charge in [-0.15, -0.1) is 0 Å². The van der Waals surface area contributed by atoms with Crippen LogP contribution in [0.2, 0.25) is 0 Å². The van der Waals surface area contributed by atoms with Gasteiger partial charge in [0.05, 0.1) is 23.8 Å². The number of rotatable bonds is 4. The standard InChI is InChI=1S/C21H25N3O4S/c1-5-28-19(27)13-6-8-15(9-7-13)22-18(26)14-11-24-17(25)10-16(21(2,3)4)23-20(24)29-12-14/h6-10,14H,5,11-12H2,1-4H3,(H,22,26). The van der Waals surface area contributed by atoms with Crippen molar-refractivity contribution in [3.63, 3.8) is 0 Å². The van der Waals surface area contributed by atoms with Gasteiger partial charge >= 0.3 is 5.97 Å². The van der Waals surface area contributed by atoms with E-state index in [1.54, 1.807) is 41.8 Å². The van der Waals surface area contributed by atoms with Crippen LogP contribution in [0.1, 0.15) is 43.7 Å². The molecular weight excluding hydrogens is 390 g/mol. The third-order valence-corrected chi connectivity index (χ3v) is 5.73. The number of nitrogens with zero attached hydrogens (tertiary/aromatic N) is 2. The molecule has 1 N–H and O–H groups in total. The molecule has 2 aromatic rings.